The van der Waals surface area contributed by atoms with Crippen LogP contribution in [0.2, 0.25) is 0 Å². The largest absolute Gasteiger partial charge is 0.465 e. The van der Waals surface area contributed by atoms with Crippen LogP contribution in [-0.4, -0.2) is 30.8 Å². The monoisotopic (exact) mass is 243 g/mol. The van der Waals surface area contributed by atoms with E-state index in [2.05, 4.69) is 13.8 Å². The molecule has 2 unspecified atom stereocenters. The SMILES string of the molecule is CCOC(=O)C1(N)CCC(OCCC(C)C)C1. The molecule has 0 amide bonds. The van der Waals surface area contributed by atoms with Gasteiger partial charge in [-0.15, -0.1) is 0 Å². The molecule has 0 aromatic heterocycles. The third kappa shape index (κ3) is 4.28. The number of carbonyl (C=O) groups excluding carboxylic acids is 1. The predicted octanol–water partition coefficient (Wildman–Crippen LogP) is 1.86. The number of nitrogens with two attached hydrogens (primary N) is 1. The van der Waals surface area contributed by atoms with Crippen LogP contribution >= 0.6 is 0 Å². The van der Waals surface area contributed by atoms with Crippen molar-refractivity contribution in [1.29, 1.82) is 0 Å². The lowest BCUT2D eigenvalue weighted by Gasteiger charge is -2.21. The molecule has 1 rings (SSSR count). The summed E-state index contributed by atoms with van der Waals surface area (Å²) in [6, 6.07) is 0. The molecule has 0 bridgehead atoms. The fraction of sp³-hybridized carbons (Fsp3) is 0.923. The second kappa shape index (κ2) is 6.36. The lowest BCUT2D eigenvalue weighted by atomic mass is 9.99. The van der Waals surface area contributed by atoms with Crippen molar-refractivity contribution in [2.24, 2.45) is 11.7 Å². The van der Waals surface area contributed by atoms with E-state index in [1.165, 1.54) is 0 Å². The minimum Gasteiger partial charge on any atom is -0.465 e. The van der Waals surface area contributed by atoms with Gasteiger partial charge in [-0.05, 0) is 32.1 Å². The number of hydrogen-bond donors (Lipinski definition) is 1. The molecule has 0 radical (unpaired) electrons. The van der Waals surface area contributed by atoms with Crippen LogP contribution in [0.1, 0.15) is 46.5 Å². The Kier molecular flexibility index (Phi) is 5.40. The Morgan fingerprint density at radius 2 is 2.24 bits per heavy atom. The minimum absolute atomic E-state index is 0.114. The van der Waals surface area contributed by atoms with Gasteiger partial charge in [-0.3, -0.25) is 4.79 Å². The highest BCUT2D eigenvalue weighted by molar-refractivity contribution is 5.81. The Hall–Kier alpha value is -0.610. The van der Waals surface area contributed by atoms with Gasteiger partial charge in [-0.2, -0.15) is 0 Å². The van der Waals surface area contributed by atoms with Crippen LogP contribution < -0.4 is 5.73 Å². The maximum absolute atomic E-state index is 11.7. The first-order valence-electron chi connectivity index (χ1n) is 6.55. The molecule has 0 spiro atoms. The van der Waals surface area contributed by atoms with E-state index in [1.54, 1.807) is 6.92 Å². The maximum atomic E-state index is 11.7. The molecule has 100 valence electrons. The van der Waals surface area contributed by atoms with E-state index in [1.807, 2.05) is 0 Å². The van der Waals surface area contributed by atoms with Crippen molar-refractivity contribution in [2.45, 2.75) is 58.1 Å². The lowest BCUT2D eigenvalue weighted by molar-refractivity contribution is -0.149. The molecule has 4 heteroatoms. The van der Waals surface area contributed by atoms with E-state index in [-0.39, 0.29) is 12.1 Å². The van der Waals surface area contributed by atoms with Gasteiger partial charge in [-0.1, -0.05) is 13.8 Å². The van der Waals surface area contributed by atoms with Crippen molar-refractivity contribution < 1.29 is 14.3 Å². The average Bonchev–Trinajstić information content (AvgIpc) is 2.62. The second-order valence-electron chi connectivity index (χ2n) is 5.29. The summed E-state index contributed by atoms with van der Waals surface area (Å²) in [6.07, 6.45) is 3.27. The molecule has 1 aliphatic carbocycles. The predicted molar refractivity (Wildman–Crippen MR) is 66.6 cm³/mol. The number of esters is 1. The topological polar surface area (TPSA) is 61.5 Å². The molecule has 0 heterocycles. The summed E-state index contributed by atoms with van der Waals surface area (Å²) in [5.74, 6) is 0.360. The van der Waals surface area contributed by atoms with E-state index in [0.717, 1.165) is 19.4 Å². The highest BCUT2D eigenvalue weighted by Crippen LogP contribution is 2.31. The van der Waals surface area contributed by atoms with Crippen LogP contribution in [0, 0.1) is 5.92 Å². The van der Waals surface area contributed by atoms with Gasteiger partial charge < -0.3 is 15.2 Å². The summed E-state index contributed by atoms with van der Waals surface area (Å²) in [7, 11) is 0. The Labute approximate surface area is 104 Å². The Balaban J connectivity index is 2.33. The maximum Gasteiger partial charge on any atom is 0.326 e. The summed E-state index contributed by atoms with van der Waals surface area (Å²) in [4.78, 5) is 11.7. The molecule has 1 fully saturated rings. The first-order chi connectivity index (χ1) is 7.98. The third-order valence-corrected chi connectivity index (χ3v) is 3.24. The first kappa shape index (κ1) is 14.5. The van der Waals surface area contributed by atoms with Crippen molar-refractivity contribution in [3.05, 3.63) is 0 Å². The van der Waals surface area contributed by atoms with Gasteiger partial charge in [0.15, 0.2) is 0 Å². The third-order valence-electron chi connectivity index (χ3n) is 3.24. The molecule has 0 aliphatic heterocycles. The smallest absolute Gasteiger partial charge is 0.326 e. The van der Waals surface area contributed by atoms with Gasteiger partial charge >= 0.3 is 5.97 Å². The van der Waals surface area contributed by atoms with Crippen LogP contribution in [0.25, 0.3) is 0 Å². The van der Waals surface area contributed by atoms with Crippen LogP contribution in [0.15, 0.2) is 0 Å². The number of rotatable bonds is 6. The Bertz CT molecular complexity index is 255. The number of ether oxygens (including phenoxy) is 2. The summed E-state index contributed by atoms with van der Waals surface area (Å²) < 4.78 is 10.8. The zero-order valence-corrected chi connectivity index (χ0v) is 11.2. The summed E-state index contributed by atoms with van der Waals surface area (Å²) in [6.45, 7) is 7.28. The van der Waals surface area contributed by atoms with Crippen molar-refractivity contribution >= 4 is 5.97 Å². The summed E-state index contributed by atoms with van der Waals surface area (Å²) in [5, 5.41) is 0. The fourth-order valence-electron chi connectivity index (χ4n) is 2.10. The molecule has 17 heavy (non-hydrogen) atoms. The Morgan fingerprint density at radius 1 is 1.53 bits per heavy atom. The highest BCUT2D eigenvalue weighted by atomic mass is 16.5. The van der Waals surface area contributed by atoms with Gasteiger partial charge in [0.25, 0.3) is 0 Å². The van der Waals surface area contributed by atoms with Crippen LogP contribution in [-0.2, 0) is 14.3 Å². The van der Waals surface area contributed by atoms with Gasteiger partial charge in [0.2, 0.25) is 0 Å². The van der Waals surface area contributed by atoms with Gasteiger partial charge in [0.1, 0.15) is 5.54 Å². The molecule has 2 atom stereocenters. The molecular formula is C13H25NO3. The molecule has 1 saturated carbocycles. The summed E-state index contributed by atoms with van der Waals surface area (Å²) in [5.41, 5.74) is 5.24. The molecule has 0 aromatic carbocycles. The van der Waals surface area contributed by atoms with E-state index < -0.39 is 5.54 Å². The average molecular weight is 243 g/mol. The van der Waals surface area contributed by atoms with Crippen molar-refractivity contribution in [3.63, 3.8) is 0 Å². The van der Waals surface area contributed by atoms with Gasteiger partial charge in [-0.25, -0.2) is 0 Å². The molecule has 0 saturated heterocycles. The summed E-state index contributed by atoms with van der Waals surface area (Å²) >= 11 is 0. The van der Waals surface area contributed by atoms with Crippen LogP contribution in [0.5, 0.6) is 0 Å². The van der Waals surface area contributed by atoms with E-state index in [9.17, 15) is 4.79 Å². The van der Waals surface area contributed by atoms with E-state index in [0.29, 0.717) is 25.4 Å². The fourth-order valence-corrected chi connectivity index (χ4v) is 2.10. The normalized spacial score (nSPS) is 28.6. The zero-order valence-electron chi connectivity index (χ0n) is 11.2. The molecule has 1 aliphatic rings. The van der Waals surface area contributed by atoms with E-state index in [4.69, 9.17) is 15.2 Å². The van der Waals surface area contributed by atoms with E-state index >= 15 is 0 Å². The Morgan fingerprint density at radius 3 is 2.82 bits per heavy atom. The molecule has 0 aromatic rings. The molecule has 2 N–H and O–H groups in total. The standard InChI is InChI=1S/C13H25NO3/c1-4-16-12(15)13(14)7-5-11(9-13)17-8-6-10(2)3/h10-11H,4-9,14H2,1-3H3. The van der Waals surface area contributed by atoms with Crippen LogP contribution in [0.3, 0.4) is 0 Å². The van der Waals surface area contributed by atoms with Crippen molar-refractivity contribution in [2.75, 3.05) is 13.2 Å². The lowest BCUT2D eigenvalue weighted by Crippen LogP contribution is -2.47. The minimum atomic E-state index is -0.821. The van der Waals surface area contributed by atoms with Gasteiger partial charge in [0.05, 0.1) is 12.7 Å². The van der Waals surface area contributed by atoms with Crippen molar-refractivity contribution in [1.82, 2.24) is 0 Å². The van der Waals surface area contributed by atoms with Gasteiger partial charge in [0, 0.05) is 13.0 Å². The van der Waals surface area contributed by atoms with Crippen molar-refractivity contribution in [3.8, 4) is 0 Å². The first-order valence-corrected chi connectivity index (χ1v) is 6.55. The second-order valence-corrected chi connectivity index (χ2v) is 5.29. The number of carbonyl (C=O) groups is 1. The molecule has 4 nitrogen and oxygen atoms in total. The zero-order chi connectivity index (χ0) is 12.9. The van der Waals surface area contributed by atoms with Crippen LogP contribution in [0.4, 0.5) is 0 Å². The highest BCUT2D eigenvalue weighted by Gasteiger charge is 2.43. The number of hydrogen-bond acceptors (Lipinski definition) is 4. The molecular weight excluding hydrogens is 218 g/mol. The quantitative estimate of drug-likeness (QED) is 0.723.